The molecule has 1 aromatic heterocycles. The van der Waals surface area contributed by atoms with E-state index >= 15 is 0 Å². The van der Waals surface area contributed by atoms with Gasteiger partial charge in [0.25, 0.3) is 0 Å². The van der Waals surface area contributed by atoms with E-state index in [0.717, 1.165) is 30.7 Å². The number of hydrogen-bond donors (Lipinski definition) is 1. The lowest BCUT2D eigenvalue weighted by Crippen LogP contribution is -2.40. The quantitative estimate of drug-likeness (QED) is 0.906. The third kappa shape index (κ3) is 2.80. The lowest BCUT2D eigenvalue weighted by atomic mass is 9.86. The maximum Gasteiger partial charge on any atom is 0.154 e. The van der Waals surface area contributed by atoms with Crippen LogP contribution in [-0.4, -0.2) is 9.97 Å². The minimum absolute atomic E-state index is 0.0935. The minimum atomic E-state index is -0.639. The molecule has 122 valence electrons. The summed E-state index contributed by atoms with van der Waals surface area (Å²) in [6.45, 7) is 5.91. The van der Waals surface area contributed by atoms with Crippen molar-refractivity contribution in [3.63, 3.8) is 0 Å². The number of aromatic nitrogens is 2. The first-order valence-corrected chi connectivity index (χ1v) is 7.97. The van der Waals surface area contributed by atoms with Gasteiger partial charge in [-0.15, -0.1) is 0 Å². The highest BCUT2D eigenvalue weighted by Gasteiger charge is 2.45. The Morgan fingerprint density at radius 3 is 2.26 bits per heavy atom. The normalized spacial score (nSPS) is 24.0. The molecule has 0 saturated heterocycles. The summed E-state index contributed by atoms with van der Waals surface area (Å²) < 4.78 is 28.3. The summed E-state index contributed by atoms with van der Waals surface area (Å²) in [7, 11) is 0. The number of nitrogens with one attached hydrogen (secondary N) is 1. The molecule has 2 atom stereocenters. The molecule has 0 aliphatic heterocycles. The first kappa shape index (κ1) is 15.8. The molecule has 1 fully saturated rings. The van der Waals surface area contributed by atoms with Crippen molar-refractivity contribution in [2.45, 2.75) is 45.6 Å². The van der Waals surface area contributed by atoms with Crippen LogP contribution in [0.3, 0.4) is 0 Å². The van der Waals surface area contributed by atoms with Crippen LogP contribution in [0, 0.1) is 31.4 Å². The Labute approximate surface area is 135 Å². The predicted octanol–water partition coefficient (Wildman–Crippen LogP) is 4.50. The highest BCUT2D eigenvalue weighted by atomic mass is 19.1. The summed E-state index contributed by atoms with van der Waals surface area (Å²) in [6, 6.07) is 5.80. The van der Waals surface area contributed by atoms with Crippen LogP contribution in [0.5, 0.6) is 0 Å². The van der Waals surface area contributed by atoms with Crippen LogP contribution in [0.1, 0.15) is 43.4 Å². The average molecular weight is 317 g/mol. The summed E-state index contributed by atoms with van der Waals surface area (Å²) in [4.78, 5) is 9.15. The minimum Gasteiger partial charge on any atom is -0.368 e. The summed E-state index contributed by atoms with van der Waals surface area (Å²) in [5, 5.41) is 3.14. The van der Waals surface area contributed by atoms with Gasteiger partial charge in [-0.1, -0.05) is 19.4 Å². The maximum atomic E-state index is 14.1. The first-order valence-electron chi connectivity index (χ1n) is 7.97. The van der Waals surface area contributed by atoms with Gasteiger partial charge in [-0.2, -0.15) is 0 Å². The van der Waals surface area contributed by atoms with Crippen molar-refractivity contribution in [1.82, 2.24) is 9.97 Å². The summed E-state index contributed by atoms with van der Waals surface area (Å²) in [5.74, 6) is -0.369. The molecule has 0 radical (unpaired) electrons. The van der Waals surface area contributed by atoms with Crippen LogP contribution in [-0.2, 0) is 5.54 Å². The molecule has 0 amide bonds. The van der Waals surface area contributed by atoms with Crippen molar-refractivity contribution in [2.24, 2.45) is 5.92 Å². The molecule has 0 spiro atoms. The van der Waals surface area contributed by atoms with E-state index in [1.807, 2.05) is 19.9 Å². The molecule has 1 saturated carbocycles. The van der Waals surface area contributed by atoms with Gasteiger partial charge >= 0.3 is 0 Å². The molecule has 5 heteroatoms. The molecular formula is C18H21F2N3. The lowest BCUT2D eigenvalue weighted by Gasteiger charge is -2.35. The highest BCUT2D eigenvalue weighted by Crippen LogP contribution is 2.45. The predicted molar refractivity (Wildman–Crippen MR) is 86.2 cm³/mol. The average Bonchev–Trinajstić information content (AvgIpc) is 2.84. The van der Waals surface area contributed by atoms with E-state index < -0.39 is 17.2 Å². The van der Waals surface area contributed by atoms with Gasteiger partial charge in [-0.3, -0.25) is 0 Å². The van der Waals surface area contributed by atoms with Crippen molar-refractivity contribution in [3.8, 4) is 0 Å². The molecule has 1 aliphatic rings. The summed E-state index contributed by atoms with van der Waals surface area (Å²) in [5.41, 5.74) is 0.993. The number of anilines is 1. The second-order valence-electron chi connectivity index (χ2n) is 6.46. The molecule has 1 aromatic carbocycles. The smallest absolute Gasteiger partial charge is 0.154 e. The van der Waals surface area contributed by atoms with Crippen LogP contribution < -0.4 is 5.32 Å². The Morgan fingerprint density at radius 1 is 1.13 bits per heavy atom. The Kier molecular flexibility index (Phi) is 4.04. The fourth-order valence-corrected chi connectivity index (χ4v) is 3.52. The van der Waals surface area contributed by atoms with E-state index in [4.69, 9.17) is 0 Å². The molecule has 2 unspecified atom stereocenters. The Hall–Kier alpha value is -2.04. The van der Waals surface area contributed by atoms with Crippen molar-refractivity contribution in [2.75, 3.05) is 5.32 Å². The van der Waals surface area contributed by atoms with E-state index in [-0.39, 0.29) is 11.6 Å². The van der Waals surface area contributed by atoms with Crippen molar-refractivity contribution < 1.29 is 8.78 Å². The molecule has 3 rings (SSSR count). The SMILES string of the molecule is Cc1cc(C)nc(C2(Nc3c(F)cccc3F)CCCC2C)n1. The van der Waals surface area contributed by atoms with Gasteiger partial charge in [-0.05, 0) is 50.8 Å². The summed E-state index contributed by atoms with van der Waals surface area (Å²) in [6.07, 6.45) is 2.70. The molecule has 0 bridgehead atoms. The third-order valence-electron chi connectivity index (χ3n) is 4.74. The monoisotopic (exact) mass is 317 g/mol. The molecular weight excluding hydrogens is 296 g/mol. The van der Waals surface area contributed by atoms with E-state index in [2.05, 4.69) is 22.2 Å². The van der Waals surface area contributed by atoms with Crippen LogP contribution in [0.4, 0.5) is 14.5 Å². The van der Waals surface area contributed by atoms with Gasteiger partial charge in [0, 0.05) is 11.4 Å². The largest absolute Gasteiger partial charge is 0.368 e. The van der Waals surface area contributed by atoms with Gasteiger partial charge in [-0.25, -0.2) is 18.7 Å². The van der Waals surface area contributed by atoms with Crippen molar-refractivity contribution in [3.05, 3.63) is 53.1 Å². The number of hydrogen-bond acceptors (Lipinski definition) is 3. The van der Waals surface area contributed by atoms with Crippen LogP contribution in [0.2, 0.25) is 0 Å². The molecule has 23 heavy (non-hydrogen) atoms. The van der Waals surface area contributed by atoms with Gasteiger partial charge < -0.3 is 5.32 Å². The number of nitrogens with zero attached hydrogens (tertiary/aromatic N) is 2. The lowest BCUT2D eigenvalue weighted by molar-refractivity contribution is 0.358. The highest BCUT2D eigenvalue weighted by molar-refractivity contribution is 5.50. The van der Waals surface area contributed by atoms with Crippen molar-refractivity contribution in [1.29, 1.82) is 0 Å². The molecule has 1 heterocycles. The number of aryl methyl sites for hydroxylation is 2. The van der Waals surface area contributed by atoms with Crippen LogP contribution in [0.25, 0.3) is 0 Å². The maximum absolute atomic E-state index is 14.1. The standard InChI is InChI=1S/C18H21F2N3/c1-11-6-5-9-18(11,17-21-12(2)10-13(3)22-17)23-16-14(19)7-4-8-15(16)20/h4,7-8,10-11,23H,5-6,9H2,1-3H3. The fraction of sp³-hybridized carbons (Fsp3) is 0.444. The third-order valence-corrected chi connectivity index (χ3v) is 4.74. The van der Waals surface area contributed by atoms with Crippen LogP contribution >= 0.6 is 0 Å². The number of rotatable bonds is 3. The van der Waals surface area contributed by atoms with Gasteiger partial charge in [0.15, 0.2) is 5.82 Å². The second-order valence-corrected chi connectivity index (χ2v) is 6.46. The molecule has 2 aromatic rings. The zero-order valence-electron chi connectivity index (χ0n) is 13.7. The topological polar surface area (TPSA) is 37.8 Å². The first-order chi connectivity index (χ1) is 10.9. The number of benzene rings is 1. The Bertz CT molecular complexity index is 692. The fourth-order valence-electron chi connectivity index (χ4n) is 3.52. The van der Waals surface area contributed by atoms with Gasteiger partial charge in [0.1, 0.15) is 22.9 Å². The molecule has 1 N–H and O–H groups in total. The molecule has 1 aliphatic carbocycles. The van der Waals surface area contributed by atoms with Crippen LogP contribution in [0.15, 0.2) is 24.3 Å². The van der Waals surface area contributed by atoms with E-state index in [1.165, 1.54) is 18.2 Å². The zero-order valence-corrected chi connectivity index (χ0v) is 13.7. The molecule has 3 nitrogen and oxygen atoms in total. The van der Waals surface area contributed by atoms with E-state index in [9.17, 15) is 8.78 Å². The zero-order chi connectivity index (χ0) is 16.6. The van der Waals surface area contributed by atoms with Crippen molar-refractivity contribution >= 4 is 5.69 Å². The van der Waals surface area contributed by atoms with E-state index in [0.29, 0.717) is 5.82 Å². The van der Waals surface area contributed by atoms with E-state index in [1.54, 1.807) is 0 Å². The second kappa shape index (κ2) is 5.87. The number of halogens is 2. The summed E-state index contributed by atoms with van der Waals surface area (Å²) >= 11 is 0. The van der Waals surface area contributed by atoms with Gasteiger partial charge in [0.2, 0.25) is 0 Å². The Morgan fingerprint density at radius 2 is 1.74 bits per heavy atom. The van der Waals surface area contributed by atoms with Gasteiger partial charge in [0.05, 0.1) is 0 Å². The Balaban J connectivity index is 2.11. The number of para-hydroxylation sites is 1.